The van der Waals surface area contributed by atoms with Gasteiger partial charge in [-0.15, -0.1) is 0 Å². The Bertz CT molecular complexity index is 713. The van der Waals surface area contributed by atoms with Crippen LogP contribution in [0.3, 0.4) is 0 Å². The summed E-state index contributed by atoms with van der Waals surface area (Å²) in [7, 11) is 1.83. The first-order valence-electron chi connectivity index (χ1n) is 7.03. The van der Waals surface area contributed by atoms with Crippen molar-refractivity contribution in [3.05, 3.63) is 41.1 Å². The third kappa shape index (κ3) is 2.79. The zero-order chi connectivity index (χ0) is 14.8. The Hall–Kier alpha value is -2.61. The lowest BCUT2D eigenvalue weighted by atomic mass is 10.0. The maximum Gasteiger partial charge on any atom is 0.229 e. The molecule has 0 bridgehead atoms. The van der Waals surface area contributed by atoms with Gasteiger partial charge in [-0.05, 0) is 43.4 Å². The van der Waals surface area contributed by atoms with Crippen molar-refractivity contribution in [3.8, 4) is 6.07 Å². The van der Waals surface area contributed by atoms with Crippen molar-refractivity contribution >= 4 is 17.5 Å². The predicted molar refractivity (Wildman–Crippen MR) is 82.7 cm³/mol. The summed E-state index contributed by atoms with van der Waals surface area (Å²) in [6.07, 6.45) is 4.15. The van der Waals surface area contributed by atoms with Gasteiger partial charge in [0.15, 0.2) is 0 Å². The first-order valence-corrected chi connectivity index (χ1v) is 7.03. The van der Waals surface area contributed by atoms with Crippen LogP contribution in [0, 0.1) is 18.3 Å². The van der Waals surface area contributed by atoms with E-state index >= 15 is 0 Å². The lowest BCUT2D eigenvalue weighted by Crippen LogP contribution is -2.02. The zero-order valence-electron chi connectivity index (χ0n) is 12.1. The van der Waals surface area contributed by atoms with Gasteiger partial charge in [0.25, 0.3) is 0 Å². The fraction of sp³-hybridized carbons (Fsp3) is 0.312. The van der Waals surface area contributed by atoms with Crippen molar-refractivity contribution in [1.29, 1.82) is 5.26 Å². The first-order chi connectivity index (χ1) is 10.2. The summed E-state index contributed by atoms with van der Waals surface area (Å²) in [5.41, 5.74) is 3.72. The van der Waals surface area contributed by atoms with E-state index in [1.165, 1.54) is 12.8 Å². The minimum absolute atomic E-state index is 0.521. The van der Waals surface area contributed by atoms with E-state index in [1.54, 1.807) is 6.20 Å². The first kappa shape index (κ1) is 13.4. The molecule has 0 radical (unpaired) electrons. The van der Waals surface area contributed by atoms with Gasteiger partial charge in [0, 0.05) is 24.5 Å². The highest BCUT2D eigenvalue weighted by Crippen LogP contribution is 2.42. The molecule has 1 fully saturated rings. The highest BCUT2D eigenvalue weighted by atomic mass is 15.1. The van der Waals surface area contributed by atoms with Crippen LogP contribution in [0.5, 0.6) is 0 Å². The second kappa shape index (κ2) is 5.41. The minimum atomic E-state index is 0.521. The van der Waals surface area contributed by atoms with Gasteiger partial charge in [0.05, 0.1) is 11.6 Å². The number of nitriles is 1. The van der Waals surface area contributed by atoms with Crippen LogP contribution in [0.1, 0.15) is 35.4 Å². The van der Waals surface area contributed by atoms with Gasteiger partial charge >= 0.3 is 0 Å². The van der Waals surface area contributed by atoms with Crippen LogP contribution in [0.25, 0.3) is 0 Å². The monoisotopic (exact) mass is 279 g/mol. The maximum absolute atomic E-state index is 9.29. The lowest BCUT2D eigenvalue weighted by Gasteiger charge is -2.10. The number of nitrogens with one attached hydrogen (secondary N) is 2. The Morgan fingerprint density at radius 1 is 1.33 bits per heavy atom. The van der Waals surface area contributed by atoms with Crippen LogP contribution in [-0.2, 0) is 0 Å². The van der Waals surface area contributed by atoms with E-state index in [2.05, 4.69) is 26.7 Å². The van der Waals surface area contributed by atoms with E-state index in [-0.39, 0.29) is 0 Å². The number of hydrogen-bond donors (Lipinski definition) is 2. The number of anilines is 3. The molecule has 1 aromatic carbocycles. The van der Waals surface area contributed by atoms with E-state index in [0.29, 0.717) is 11.9 Å². The zero-order valence-corrected chi connectivity index (χ0v) is 12.1. The van der Waals surface area contributed by atoms with Crippen LogP contribution in [-0.4, -0.2) is 17.0 Å². The Labute approximate surface area is 124 Å². The maximum atomic E-state index is 9.29. The van der Waals surface area contributed by atoms with E-state index in [4.69, 9.17) is 0 Å². The second-order valence-electron chi connectivity index (χ2n) is 5.29. The second-order valence-corrected chi connectivity index (χ2v) is 5.29. The molecule has 3 rings (SSSR count). The summed E-state index contributed by atoms with van der Waals surface area (Å²) >= 11 is 0. The van der Waals surface area contributed by atoms with Gasteiger partial charge < -0.3 is 10.6 Å². The molecule has 5 nitrogen and oxygen atoms in total. The molecule has 0 aliphatic heterocycles. The van der Waals surface area contributed by atoms with Crippen LogP contribution in [0.4, 0.5) is 17.5 Å². The fourth-order valence-corrected chi connectivity index (χ4v) is 2.37. The van der Waals surface area contributed by atoms with Crippen LogP contribution >= 0.6 is 0 Å². The lowest BCUT2D eigenvalue weighted by molar-refractivity contribution is 1.11. The number of hydrogen-bond acceptors (Lipinski definition) is 5. The number of rotatable bonds is 4. The average Bonchev–Trinajstić information content (AvgIpc) is 3.33. The third-order valence-corrected chi connectivity index (χ3v) is 3.66. The molecule has 2 N–H and O–H groups in total. The minimum Gasteiger partial charge on any atom is -0.373 e. The normalized spacial score (nSPS) is 13.6. The van der Waals surface area contributed by atoms with E-state index < -0.39 is 0 Å². The van der Waals surface area contributed by atoms with Crippen molar-refractivity contribution < 1.29 is 0 Å². The largest absolute Gasteiger partial charge is 0.373 e. The SMILES string of the molecule is CNc1nc(Nc2ccc(C3CC3)c(C#N)c2)ncc1C. The molecule has 5 heteroatoms. The van der Waals surface area contributed by atoms with Gasteiger partial charge in [-0.2, -0.15) is 10.2 Å². The molecule has 1 saturated carbocycles. The Kier molecular flexibility index (Phi) is 3.44. The molecule has 0 amide bonds. The van der Waals surface area contributed by atoms with Crippen molar-refractivity contribution in [3.63, 3.8) is 0 Å². The molecule has 21 heavy (non-hydrogen) atoms. The highest BCUT2D eigenvalue weighted by molar-refractivity contribution is 5.60. The summed E-state index contributed by atoms with van der Waals surface area (Å²) < 4.78 is 0. The van der Waals surface area contributed by atoms with Crippen LogP contribution in [0.15, 0.2) is 24.4 Å². The van der Waals surface area contributed by atoms with Gasteiger partial charge in [-0.3, -0.25) is 0 Å². The smallest absolute Gasteiger partial charge is 0.229 e. The third-order valence-electron chi connectivity index (χ3n) is 3.66. The molecule has 106 valence electrons. The number of aryl methyl sites for hydroxylation is 1. The average molecular weight is 279 g/mol. The summed E-state index contributed by atoms with van der Waals surface area (Å²) in [6.45, 7) is 1.95. The summed E-state index contributed by atoms with van der Waals surface area (Å²) in [6, 6.07) is 8.17. The molecular weight excluding hydrogens is 262 g/mol. The number of nitrogens with zero attached hydrogens (tertiary/aromatic N) is 3. The summed E-state index contributed by atoms with van der Waals surface area (Å²) in [5, 5.41) is 15.5. The highest BCUT2D eigenvalue weighted by Gasteiger charge is 2.26. The number of benzene rings is 1. The van der Waals surface area contributed by atoms with Gasteiger partial charge in [-0.25, -0.2) is 4.98 Å². The van der Waals surface area contributed by atoms with Gasteiger partial charge in [-0.1, -0.05) is 6.07 Å². The van der Waals surface area contributed by atoms with Crippen molar-refractivity contribution in [1.82, 2.24) is 9.97 Å². The van der Waals surface area contributed by atoms with E-state index in [0.717, 1.165) is 28.2 Å². The molecule has 1 aliphatic rings. The summed E-state index contributed by atoms with van der Waals surface area (Å²) in [5.74, 6) is 1.89. The number of aromatic nitrogens is 2. The topological polar surface area (TPSA) is 73.6 Å². The molecular formula is C16H17N5. The molecule has 0 unspecified atom stereocenters. The van der Waals surface area contributed by atoms with Crippen LogP contribution in [0.2, 0.25) is 0 Å². The fourth-order valence-electron chi connectivity index (χ4n) is 2.37. The molecule has 1 heterocycles. The Balaban J connectivity index is 1.86. The van der Waals surface area contributed by atoms with Crippen LogP contribution < -0.4 is 10.6 Å². The quantitative estimate of drug-likeness (QED) is 0.898. The Morgan fingerprint density at radius 3 is 2.81 bits per heavy atom. The molecule has 1 aromatic heterocycles. The van der Waals surface area contributed by atoms with Crippen molar-refractivity contribution in [2.75, 3.05) is 17.7 Å². The predicted octanol–water partition coefficient (Wildman–Crippen LogP) is 3.32. The van der Waals surface area contributed by atoms with Gasteiger partial charge in [0.2, 0.25) is 5.95 Å². The molecule has 0 atom stereocenters. The van der Waals surface area contributed by atoms with E-state index in [9.17, 15) is 5.26 Å². The van der Waals surface area contributed by atoms with Crippen molar-refractivity contribution in [2.45, 2.75) is 25.7 Å². The Morgan fingerprint density at radius 2 is 2.14 bits per heavy atom. The molecule has 0 spiro atoms. The van der Waals surface area contributed by atoms with Crippen molar-refractivity contribution in [2.24, 2.45) is 0 Å². The summed E-state index contributed by atoms with van der Waals surface area (Å²) in [4.78, 5) is 8.66. The molecule has 0 saturated heterocycles. The van der Waals surface area contributed by atoms with Gasteiger partial charge in [0.1, 0.15) is 5.82 Å². The molecule has 1 aliphatic carbocycles. The standard InChI is InChI=1S/C16H17N5/c1-10-9-19-16(21-15(10)18-2)20-13-5-6-14(11-3-4-11)12(7-13)8-17/h5-7,9,11H,3-4H2,1-2H3,(H2,18,19,20,21). The molecule has 2 aromatic rings. The van der Waals surface area contributed by atoms with E-state index in [1.807, 2.05) is 32.2 Å².